The number of rotatable bonds is 10. The summed E-state index contributed by atoms with van der Waals surface area (Å²) in [6.07, 6.45) is 5.01. The number of carbonyl (C=O) groups is 2. The first kappa shape index (κ1) is 27.0. The van der Waals surface area contributed by atoms with E-state index in [1.807, 2.05) is 30.3 Å². The fourth-order valence-electron chi connectivity index (χ4n) is 4.86. The Hall–Kier alpha value is -4.08. The minimum Gasteiger partial charge on any atom is -0.493 e. The molecule has 10 nitrogen and oxygen atoms in total. The molecule has 38 heavy (non-hydrogen) atoms. The van der Waals surface area contributed by atoms with Gasteiger partial charge in [-0.3, -0.25) is 23.5 Å². The quantitative estimate of drug-likeness (QED) is 0.422. The van der Waals surface area contributed by atoms with Crippen molar-refractivity contribution in [3.63, 3.8) is 0 Å². The van der Waals surface area contributed by atoms with Crippen LogP contribution in [0.3, 0.4) is 0 Å². The molecule has 0 unspecified atom stereocenters. The summed E-state index contributed by atoms with van der Waals surface area (Å²) in [7, 11) is 2.91. The molecule has 2 aromatic carbocycles. The highest BCUT2D eigenvalue weighted by atomic mass is 16.5. The van der Waals surface area contributed by atoms with Crippen LogP contribution in [0.4, 0.5) is 0 Å². The molecule has 202 valence electrons. The van der Waals surface area contributed by atoms with Gasteiger partial charge in [0, 0.05) is 31.6 Å². The van der Waals surface area contributed by atoms with Gasteiger partial charge in [0.2, 0.25) is 11.8 Å². The lowest BCUT2D eigenvalue weighted by molar-refractivity contribution is -0.123. The highest BCUT2D eigenvalue weighted by Gasteiger charge is 2.21. The molecule has 3 aromatic rings. The van der Waals surface area contributed by atoms with E-state index in [-0.39, 0.29) is 48.3 Å². The maximum atomic E-state index is 13.5. The average molecular weight is 523 g/mol. The molecular formula is C28H34N4O6. The van der Waals surface area contributed by atoms with Gasteiger partial charge < -0.3 is 20.1 Å². The van der Waals surface area contributed by atoms with Crippen LogP contribution in [0.5, 0.6) is 11.5 Å². The van der Waals surface area contributed by atoms with Crippen LogP contribution >= 0.6 is 0 Å². The first-order valence-electron chi connectivity index (χ1n) is 12.9. The van der Waals surface area contributed by atoms with Gasteiger partial charge in [-0.1, -0.05) is 49.6 Å². The van der Waals surface area contributed by atoms with Crippen molar-refractivity contribution >= 4 is 22.7 Å². The Balaban J connectivity index is 1.63. The first-order valence-corrected chi connectivity index (χ1v) is 12.9. The normalized spacial score (nSPS) is 13.7. The maximum Gasteiger partial charge on any atom is 0.331 e. The van der Waals surface area contributed by atoms with Crippen molar-refractivity contribution in [2.45, 2.75) is 64.2 Å². The molecule has 4 rings (SSSR count). The number of ether oxygens (including phenoxy) is 2. The minimum absolute atomic E-state index is 0.0744. The summed E-state index contributed by atoms with van der Waals surface area (Å²) in [5, 5.41) is 6.02. The number of aromatic nitrogens is 2. The van der Waals surface area contributed by atoms with Crippen molar-refractivity contribution in [1.29, 1.82) is 0 Å². The van der Waals surface area contributed by atoms with Crippen molar-refractivity contribution in [2.75, 3.05) is 14.2 Å². The van der Waals surface area contributed by atoms with Crippen molar-refractivity contribution in [1.82, 2.24) is 19.8 Å². The molecule has 2 amide bonds. The van der Waals surface area contributed by atoms with Crippen molar-refractivity contribution < 1.29 is 19.1 Å². The van der Waals surface area contributed by atoms with Crippen LogP contribution in [-0.2, 0) is 29.2 Å². The number of amides is 2. The number of hydrogen-bond acceptors (Lipinski definition) is 6. The van der Waals surface area contributed by atoms with Crippen LogP contribution < -0.4 is 31.4 Å². The van der Waals surface area contributed by atoms with E-state index >= 15 is 0 Å². The van der Waals surface area contributed by atoms with Gasteiger partial charge in [-0.25, -0.2) is 4.79 Å². The van der Waals surface area contributed by atoms with Gasteiger partial charge in [0.1, 0.15) is 6.54 Å². The molecule has 0 atom stereocenters. The summed E-state index contributed by atoms with van der Waals surface area (Å²) in [6.45, 7) is -0.0521. The average Bonchev–Trinajstić information content (AvgIpc) is 2.94. The number of benzene rings is 2. The molecule has 2 N–H and O–H groups in total. The van der Waals surface area contributed by atoms with E-state index in [0.29, 0.717) is 18.0 Å². The molecule has 1 fully saturated rings. The second-order valence-electron chi connectivity index (χ2n) is 9.46. The second kappa shape index (κ2) is 12.4. The Morgan fingerprint density at radius 3 is 2.29 bits per heavy atom. The van der Waals surface area contributed by atoms with Gasteiger partial charge >= 0.3 is 5.69 Å². The summed E-state index contributed by atoms with van der Waals surface area (Å²) in [5.41, 5.74) is -0.0209. The Kier molecular flexibility index (Phi) is 8.83. The number of hydrogen-bond donors (Lipinski definition) is 2. The lowest BCUT2D eigenvalue weighted by Gasteiger charge is -2.23. The van der Waals surface area contributed by atoms with Crippen molar-refractivity contribution in [2.24, 2.45) is 0 Å². The summed E-state index contributed by atoms with van der Waals surface area (Å²) in [5.74, 6) is 0.0504. The minimum atomic E-state index is -0.663. The summed E-state index contributed by atoms with van der Waals surface area (Å²) in [4.78, 5) is 52.4. The molecule has 1 aliphatic carbocycles. The Morgan fingerprint density at radius 2 is 1.61 bits per heavy atom. The van der Waals surface area contributed by atoms with Gasteiger partial charge in [-0.2, -0.15) is 0 Å². The van der Waals surface area contributed by atoms with E-state index < -0.39 is 11.2 Å². The third-order valence-corrected chi connectivity index (χ3v) is 6.90. The van der Waals surface area contributed by atoms with Crippen LogP contribution in [0.25, 0.3) is 10.9 Å². The lowest BCUT2D eigenvalue weighted by Crippen LogP contribution is -2.45. The molecule has 1 saturated carbocycles. The van der Waals surface area contributed by atoms with Crippen molar-refractivity contribution in [3.05, 3.63) is 68.9 Å². The van der Waals surface area contributed by atoms with E-state index in [1.54, 1.807) is 0 Å². The molecule has 0 spiro atoms. The molecule has 0 radical (unpaired) electrons. The molecule has 0 saturated heterocycles. The second-order valence-corrected chi connectivity index (χ2v) is 9.46. The summed E-state index contributed by atoms with van der Waals surface area (Å²) < 4.78 is 13.0. The zero-order chi connectivity index (χ0) is 27.1. The van der Waals surface area contributed by atoms with E-state index in [1.165, 1.54) is 30.9 Å². The smallest absolute Gasteiger partial charge is 0.331 e. The monoisotopic (exact) mass is 522 g/mol. The zero-order valence-corrected chi connectivity index (χ0v) is 21.8. The third kappa shape index (κ3) is 6.24. The van der Waals surface area contributed by atoms with Gasteiger partial charge in [-0.15, -0.1) is 0 Å². The Morgan fingerprint density at radius 1 is 0.921 bits per heavy atom. The molecule has 10 heteroatoms. The van der Waals surface area contributed by atoms with E-state index in [0.717, 1.165) is 42.2 Å². The van der Waals surface area contributed by atoms with E-state index in [4.69, 9.17) is 9.47 Å². The molecule has 0 aliphatic heterocycles. The van der Waals surface area contributed by atoms with Gasteiger partial charge in [-0.05, 0) is 24.5 Å². The maximum absolute atomic E-state index is 13.5. The Labute approximate surface area is 220 Å². The van der Waals surface area contributed by atoms with E-state index in [9.17, 15) is 19.2 Å². The highest BCUT2D eigenvalue weighted by Crippen LogP contribution is 2.30. The highest BCUT2D eigenvalue weighted by molar-refractivity contribution is 5.84. The molecule has 1 aliphatic rings. The summed E-state index contributed by atoms with van der Waals surface area (Å²) >= 11 is 0. The number of carbonyl (C=O) groups excluding carboxylic acids is 2. The molecule has 1 aromatic heterocycles. The van der Waals surface area contributed by atoms with Crippen molar-refractivity contribution in [3.8, 4) is 11.5 Å². The van der Waals surface area contributed by atoms with Gasteiger partial charge in [0.25, 0.3) is 5.56 Å². The number of nitrogens with zero attached hydrogens (tertiary/aromatic N) is 2. The van der Waals surface area contributed by atoms with Crippen LogP contribution in [-0.4, -0.2) is 41.2 Å². The molecule has 1 heterocycles. The van der Waals surface area contributed by atoms with Crippen LogP contribution in [0.15, 0.2) is 52.1 Å². The predicted molar refractivity (Wildman–Crippen MR) is 143 cm³/mol. The van der Waals surface area contributed by atoms with Crippen LogP contribution in [0, 0.1) is 0 Å². The number of fused-ring (bicyclic) bond motifs is 1. The SMILES string of the molecule is COc1cc2c(=O)n(CCC(=O)NCc3ccccc3)c(=O)n(CC(=O)NC3CCCCC3)c2cc1OC. The standard InChI is InChI=1S/C28H34N4O6/c1-37-23-15-21-22(16-24(23)38-2)32(18-26(34)30-20-11-7-4-8-12-20)28(36)31(27(21)35)14-13-25(33)29-17-19-9-5-3-6-10-19/h3,5-6,9-10,15-16,20H,4,7-8,11-14,17-18H2,1-2H3,(H,29,33)(H,30,34). The van der Waals surface area contributed by atoms with Crippen LogP contribution in [0.1, 0.15) is 44.1 Å². The van der Waals surface area contributed by atoms with Gasteiger partial charge in [0.15, 0.2) is 11.5 Å². The third-order valence-electron chi connectivity index (χ3n) is 6.90. The first-order chi connectivity index (χ1) is 18.4. The Bertz CT molecular complexity index is 1410. The lowest BCUT2D eigenvalue weighted by atomic mass is 9.95. The number of methoxy groups -OCH3 is 2. The predicted octanol–water partition coefficient (Wildman–Crippen LogP) is 2.34. The van der Waals surface area contributed by atoms with Gasteiger partial charge in [0.05, 0.1) is 25.1 Å². The van der Waals surface area contributed by atoms with Crippen LogP contribution in [0.2, 0.25) is 0 Å². The largest absolute Gasteiger partial charge is 0.493 e. The molecular weight excluding hydrogens is 488 g/mol. The fraction of sp³-hybridized carbons (Fsp3) is 0.429. The summed E-state index contributed by atoms with van der Waals surface area (Å²) in [6, 6.07) is 12.5. The zero-order valence-electron chi connectivity index (χ0n) is 21.8. The topological polar surface area (TPSA) is 121 Å². The fourth-order valence-corrected chi connectivity index (χ4v) is 4.86. The molecule has 0 bridgehead atoms. The number of nitrogens with one attached hydrogen (secondary N) is 2. The van der Waals surface area contributed by atoms with E-state index in [2.05, 4.69) is 10.6 Å².